The van der Waals surface area contributed by atoms with Crippen LogP contribution in [0.4, 0.5) is 0 Å². The molecule has 1 aliphatic rings. The van der Waals surface area contributed by atoms with E-state index in [-0.39, 0.29) is 0 Å². The summed E-state index contributed by atoms with van der Waals surface area (Å²) in [6, 6.07) is 13.7. The van der Waals surface area contributed by atoms with Crippen LogP contribution in [0.15, 0.2) is 58.5 Å². The molecule has 0 saturated carbocycles. The van der Waals surface area contributed by atoms with Crippen molar-refractivity contribution in [3.05, 3.63) is 54.2 Å². The van der Waals surface area contributed by atoms with Crippen molar-refractivity contribution < 1.29 is 29.9 Å². The lowest BCUT2D eigenvalue weighted by molar-refractivity contribution is -0.250. The molecule has 33 heavy (non-hydrogen) atoms. The summed E-state index contributed by atoms with van der Waals surface area (Å²) in [6.07, 6.45) is -3.46. The summed E-state index contributed by atoms with van der Waals surface area (Å²) in [7, 11) is 0. The van der Waals surface area contributed by atoms with Crippen molar-refractivity contribution in [2.75, 3.05) is 19.8 Å². The first-order valence-electron chi connectivity index (χ1n) is 11.0. The van der Waals surface area contributed by atoms with Crippen LogP contribution < -0.4 is 10.5 Å². The average Bonchev–Trinajstić information content (AvgIpc) is 3.18. The molecule has 2 heterocycles. The Labute approximate surface area is 196 Å². The Balaban J connectivity index is 1.65. The van der Waals surface area contributed by atoms with Crippen LogP contribution in [0.1, 0.15) is 18.2 Å². The predicted octanol–water partition coefficient (Wildman–Crippen LogP) is 1.80. The second kappa shape index (κ2) is 10.4. The van der Waals surface area contributed by atoms with Crippen LogP contribution in [0.5, 0.6) is 5.75 Å². The van der Waals surface area contributed by atoms with E-state index in [1.807, 2.05) is 55.6 Å². The van der Waals surface area contributed by atoms with Crippen molar-refractivity contribution >= 4 is 22.7 Å². The average molecular weight is 475 g/mol. The highest BCUT2D eigenvalue weighted by molar-refractivity contribution is 7.99. The highest BCUT2D eigenvalue weighted by atomic mass is 32.2. The fraction of sp³-hybridized carbons (Fsp3) is 0.417. The second-order valence-electron chi connectivity index (χ2n) is 8.15. The number of aliphatic hydroxyl groups is 4. The van der Waals surface area contributed by atoms with Gasteiger partial charge in [0.05, 0.1) is 18.7 Å². The number of aliphatic hydroxyl groups excluding tert-OH is 4. The van der Waals surface area contributed by atoms with Crippen LogP contribution in [0.25, 0.3) is 10.9 Å². The SMILES string of the molecule is Cc1cccc2c1c(Sc1ccc(OCCCN)cc1)cn2[C@@H]1O[C@H](CO)[C@@H](O)[C@H](O)[C@H]1O. The van der Waals surface area contributed by atoms with E-state index in [9.17, 15) is 20.4 Å². The molecule has 8 nitrogen and oxygen atoms in total. The molecule has 5 atom stereocenters. The van der Waals surface area contributed by atoms with E-state index in [2.05, 4.69) is 0 Å². The number of benzene rings is 2. The molecule has 6 N–H and O–H groups in total. The number of aryl methyl sites for hydroxylation is 1. The van der Waals surface area contributed by atoms with E-state index in [1.165, 1.54) is 0 Å². The first-order chi connectivity index (χ1) is 15.9. The molecule has 4 rings (SSSR count). The number of fused-ring (bicyclic) bond motifs is 1. The molecule has 0 bridgehead atoms. The van der Waals surface area contributed by atoms with E-state index >= 15 is 0 Å². The van der Waals surface area contributed by atoms with E-state index in [1.54, 1.807) is 16.3 Å². The van der Waals surface area contributed by atoms with E-state index in [0.29, 0.717) is 13.2 Å². The summed E-state index contributed by atoms with van der Waals surface area (Å²) in [6.45, 7) is 2.71. The van der Waals surface area contributed by atoms with Crippen LogP contribution in [-0.2, 0) is 4.74 Å². The van der Waals surface area contributed by atoms with Crippen LogP contribution >= 0.6 is 11.8 Å². The van der Waals surface area contributed by atoms with Gasteiger partial charge in [0, 0.05) is 21.4 Å². The number of aromatic nitrogens is 1. The quantitative estimate of drug-likeness (QED) is 0.313. The minimum absolute atomic E-state index is 0.471. The van der Waals surface area contributed by atoms with E-state index in [0.717, 1.165) is 38.4 Å². The maximum absolute atomic E-state index is 10.7. The zero-order chi connectivity index (χ0) is 23.5. The van der Waals surface area contributed by atoms with Gasteiger partial charge in [0.15, 0.2) is 6.23 Å². The Bertz CT molecular complexity index is 1070. The molecule has 0 unspecified atom stereocenters. The third-order valence-corrected chi connectivity index (χ3v) is 6.88. The zero-order valence-electron chi connectivity index (χ0n) is 18.4. The van der Waals surface area contributed by atoms with Gasteiger partial charge in [-0.25, -0.2) is 0 Å². The number of rotatable bonds is 8. The van der Waals surface area contributed by atoms with Crippen molar-refractivity contribution in [3.8, 4) is 5.75 Å². The van der Waals surface area contributed by atoms with Crippen molar-refractivity contribution in [3.63, 3.8) is 0 Å². The fourth-order valence-electron chi connectivity index (χ4n) is 4.05. The molecule has 1 saturated heterocycles. The topological polar surface area (TPSA) is 130 Å². The van der Waals surface area contributed by atoms with Crippen molar-refractivity contribution in [2.45, 2.75) is 53.8 Å². The summed E-state index contributed by atoms with van der Waals surface area (Å²) >= 11 is 1.57. The van der Waals surface area contributed by atoms with Crippen molar-refractivity contribution in [1.29, 1.82) is 0 Å². The second-order valence-corrected chi connectivity index (χ2v) is 9.27. The Morgan fingerprint density at radius 2 is 1.82 bits per heavy atom. The summed E-state index contributed by atoms with van der Waals surface area (Å²) in [5.74, 6) is 0.785. The lowest BCUT2D eigenvalue weighted by Gasteiger charge is -2.40. The molecule has 1 fully saturated rings. The smallest absolute Gasteiger partial charge is 0.163 e. The van der Waals surface area contributed by atoms with Crippen LogP contribution in [0, 0.1) is 6.92 Å². The Morgan fingerprint density at radius 1 is 1.06 bits per heavy atom. The number of ether oxygens (including phenoxy) is 2. The van der Waals surface area contributed by atoms with Gasteiger partial charge in [0.2, 0.25) is 0 Å². The van der Waals surface area contributed by atoms with Crippen LogP contribution in [-0.4, -0.2) is 69.2 Å². The van der Waals surface area contributed by atoms with Gasteiger partial charge in [0.25, 0.3) is 0 Å². The Morgan fingerprint density at radius 3 is 2.52 bits per heavy atom. The maximum Gasteiger partial charge on any atom is 0.163 e. The van der Waals surface area contributed by atoms with Gasteiger partial charge in [-0.1, -0.05) is 23.9 Å². The highest BCUT2D eigenvalue weighted by Crippen LogP contribution is 2.40. The molecule has 1 aliphatic heterocycles. The molecule has 178 valence electrons. The van der Waals surface area contributed by atoms with Crippen LogP contribution in [0.3, 0.4) is 0 Å². The fourth-order valence-corrected chi connectivity index (χ4v) is 5.11. The first kappa shape index (κ1) is 24.0. The number of nitrogens with two attached hydrogens (primary N) is 1. The molecule has 9 heteroatoms. The molecule has 0 radical (unpaired) electrons. The lowest BCUT2D eigenvalue weighted by atomic mass is 9.98. The van der Waals surface area contributed by atoms with Gasteiger partial charge >= 0.3 is 0 Å². The summed E-state index contributed by atoms with van der Waals surface area (Å²) in [4.78, 5) is 1.97. The van der Waals surface area contributed by atoms with Crippen molar-refractivity contribution in [1.82, 2.24) is 4.57 Å². The molecule has 2 aromatic carbocycles. The lowest BCUT2D eigenvalue weighted by Crippen LogP contribution is -2.56. The minimum Gasteiger partial charge on any atom is -0.494 e. The molecular formula is C24H30N2O6S. The van der Waals surface area contributed by atoms with Crippen LogP contribution in [0.2, 0.25) is 0 Å². The third kappa shape index (κ3) is 4.90. The molecule has 0 spiro atoms. The van der Waals surface area contributed by atoms with Gasteiger partial charge in [-0.3, -0.25) is 0 Å². The molecule has 3 aromatic rings. The Hall–Kier alpha value is -2.11. The molecule has 1 aromatic heterocycles. The van der Waals surface area contributed by atoms with Gasteiger partial charge < -0.3 is 40.2 Å². The van der Waals surface area contributed by atoms with E-state index in [4.69, 9.17) is 15.2 Å². The molecular weight excluding hydrogens is 444 g/mol. The predicted molar refractivity (Wildman–Crippen MR) is 125 cm³/mol. The highest BCUT2D eigenvalue weighted by Gasteiger charge is 2.44. The van der Waals surface area contributed by atoms with Crippen molar-refractivity contribution in [2.24, 2.45) is 5.73 Å². The Kier molecular flexibility index (Phi) is 7.60. The maximum atomic E-state index is 10.7. The molecule has 0 amide bonds. The zero-order valence-corrected chi connectivity index (χ0v) is 19.2. The summed E-state index contributed by atoms with van der Waals surface area (Å²) in [5.41, 5.74) is 7.38. The standard InChI is InChI=1S/C24H30N2O6S/c1-14-4-2-5-17-20(14)19(33-16-8-6-15(7-9-16)31-11-3-10-25)12-26(17)24-23(30)22(29)21(28)18(13-27)32-24/h2,4-9,12,18,21-24,27-30H,3,10-11,13,25H2,1H3/t18-,21-,22+,23-,24-/m1/s1. The number of hydrogen-bond acceptors (Lipinski definition) is 8. The molecule has 0 aliphatic carbocycles. The number of hydrogen-bond donors (Lipinski definition) is 5. The van der Waals surface area contributed by atoms with E-state index < -0.39 is 37.3 Å². The van der Waals surface area contributed by atoms with Gasteiger partial charge in [-0.05, 0) is 55.8 Å². The first-order valence-corrected chi connectivity index (χ1v) is 11.8. The third-order valence-electron chi connectivity index (χ3n) is 5.84. The van der Waals surface area contributed by atoms with Gasteiger partial charge in [-0.15, -0.1) is 0 Å². The summed E-state index contributed by atoms with van der Waals surface area (Å²) < 4.78 is 13.2. The normalized spacial score (nSPS) is 25.5. The van der Waals surface area contributed by atoms with Gasteiger partial charge in [-0.2, -0.15) is 0 Å². The minimum atomic E-state index is -1.44. The monoisotopic (exact) mass is 474 g/mol. The summed E-state index contributed by atoms with van der Waals surface area (Å²) in [5, 5.41) is 41.6. The number of nitrogens with zero attached hydrogens (tertiary/aromatic N) is 1. The van der Waals surface area contributed by atoms with Gasteiger partial charge in [0.1, 0.15) is 30.2 Å². The largest absolute Gasteiger partial charge is 0.494 e.